The minimum Gasteiger partial charge on any atom is -0.496 e. The lowest BCUT2D eigenvalue weighted by Gasteiger charge is -2.10. The third-order valence-electron chi connectivity index (χ3n) is 3.20. The number of ether oxygens (including phenoxy) is 1. The molecule has 8 heteroatoms. The first-order valence-electron chi connectivity index (χ1n) is 7.48. The highest BCUT2D eigenvalue weighted by molar-refractivity contribution is 14.1. The maximum atomic E-state index is 12.1. The van der Waals surface area contributed by atoms with E-state index in [1.165, 1.54) is 6.08 Å². The Balaban J connectivity index is 1.85. The van der Waals surface area contributed by atoms with Crippen LogP contribution >= 0.6 is 34.8 Å². The summed E-state index contributed by atoms with van der Waals surface area (Å²) < 4.78 is 6.01. The lowest BCUT2D eigenvalue weighted by Crippen LogP contribution is -2.48. The minimum absolute atomic E-state index is 0.0148. The molecular formula is C18H16IN3O3S. The number of para-hydroxylation sites is 1. The van der Waals surface area contributed by atoms with Crippen molar-refractivity contribution in [2.45, 2.75) is 0 Å². The van der Waals surface area contributed by atoms with E-state index in [9.17, 15) is 9.59 Å². The second-order valence-corrected chi connectivity index (χ2v) is 6.52. The third kappa shape index (κ3) is 5.81. The number of carbonyl (C=O) groups is 2. The van der Waals surface area contributed by atoms with Crippen molar-refractivity contribution in [3.05, 3.63) is 69.3 Å². The van der Waals surface area contributed by atoms with Gasteiger partial charge in [0.25, 0.3) is 5.91 Å². The average Bonchev–Trinajstić information content (AvgIpc) is 2.65. The van der Waals surface area contributed by atoms with E-state index in [0.29, 0.717) is 11.3 Å². The number of benzene rings is 2. The van der Waals surface area contributed by atoms with Crippen LogP contribution in [0.15, 0.2) is 54.6 Å². The van der Waals surface area contributed by atoms with Gasteiger partial charge in [-0.3, -0.25) is 25.8 Å². The molecule has 0 saturated carbocycles. The molecule has 0 aliphatic heterocycles. The fraction of sp³-hybridized carbons (Fsp3) is 0.0556. The van der Waals surface area contributed by atoms with Gasteiger partial charge in [-0.2, -0.15) is 0 Å². The number of carbonyl (C=O) groups excluding carboxylic acids is 2. The maximum absolute atomic E-state index is 12.1. The molecule has 26 heavy (non-hydrogen) atoms. The standard InChI is InChI=1S/C18H16IN3O3S/c1-25-15-9-5-2-6-12(15)10-11-16(23)20-18(26)22-21-17(24)13-7-3-4-8-14(13)19/h2-11H,1H3,(H,21,24)(H2,20,22,23,26)/b11-10+. The zero-order valence-corrected chi connectivity index (χ0v) is 16.8. The van der Waals surface area contributed by atoms with Gasteiger partial charge in [-0.15, -0.1) is 0 Å². The van der Waals surface area contributed by atoms with Crippen molar-refractivity contribution in [1.29, 1.82) is 0 Å². The lowest BCUT2D eigenvalue weighted by atomic mass is 10.2. The summed E-state index contributed by atoms with van der Waals surface area (Å²) >= 11 is 7.06. The Bertz CT molecular complexity index is 855. The zero-order valence-electron chi connectivity index (χ0n) is 13.8. The van der Waals surface area contributed by atoms with Crippen LogP contribution in [0, 0.1) is 3.57 Å². The van der Waals surface area contributed by atoms with E-state index in [1.807, 2.05) is 30.3 Å². The molecule has 0 radical (unpaired) electrons. The Morgan fingerprint density at radius 3 is 2.50 bits per heavy atom. The molecule has 2 amide bonds. The zero-order chi connectivity index (χ0) is 18.9. The molecule has 0 aliphatic rings. The summed E-state index contributed by atoms with van der Waals surface area (Å²) in [5.74, 6) is -0.130. The van der Waals surface area contributed by atoms with Gasteiger partial charge in [0.1, 0.15) is 5.75 Å². The Morgan fingerprint density at radius 1 is 1.08 bits per heavy atom. The predicted molar refractivity (Wildman–Crippen MR) is 113 cm³/mol. The minimum atomic E-state index is -0.433. The molecule has 6 nitrogen and oxygen atoms in total. The fourth-order valence-corrected chi connectivity index (χ4v) is 2.76. The van der Waals surface area contributed by atoms with Crippen molar-refractivity contribution in [3.63, 3.8) is 0 Å². The third-order valence-corrected chi connectivity index (χ3v) is 4.34. The van der Waals surface area contributed by atoms with Crippen molar-refractivity contribution in [2.24, 2.45) is 0 Å². The average molecular weight is 481 g/mol. The van der Waals surface area contributed by atoms with Crippen LogP contribution in [0.5, 0.6) is 5.75 Å². The molecule has 3 N–H and O–H groups in total. The number of halogens is 1. The molecule has 0 spiro atoms. The molecule has 2 rings (SSSR count). The summed E-state index contributed by atoms with van der Waals surface area (Å²) in [6, 6.07) is 14.4. The Labute approximate surface area is 170 Å². The summed E-state index contributed by atoms with van der Waals surface area (Å²) in [7, 11) is 1.56. The summed E-state index contributed by atoms with van der Waals surface area (Å²) in [5.41, 5.74) is 6.21. The number of hydrogen-bond acceptors (Lipinski definition) is 4. The van der Waals surface area contributed by atoms with E-state index in [0.717, 1.165) is 9.13 Å². The van der Waals surface area contributed by atoms with Crippen LogP contribution < -0.4 is 20.9 Å². The van der Waals surface area contributed by atoms with E-state index in [-0.39, 0.29) is 11.0 Å². The summed E-state index contributed by atoms with van der Waals surface area (Å²) in [5, 5.41) is 2.43. The van der Waals surface area contributed by atoms with E-state index < -0.39 is 5.91 Å². The first-order valence-corrected chi connectivity index (χ1v) is 8.97. The van der Waals surface area contributed by atoms with Crippen LogP contribution in [-0.4, -0.2) is 24.0 Å². The van der Waals surface area contributed by atoms with Crippen LogP contribution in [0.2, 0.25) is 0 Å². The van der Waals surface area contributed by atoms with Gasteiger partial charge >= 0.3 is 0 Å². The van der Waals surface area contributed by atoms with Crippen molar-refractivity contribution < 1.29 is 14.3 Å². The molecular weight excluding hydrogens is 465 g/mol. The van der Waals surface area contributed by atoms with Gasteiger partial charge in [0.2, 0.25) is 5.91 Å². The van der Waals surface area contributed by atoms with Crippen LogP contribution in [-0.2, 0) is 4.79 Å². The highest BCUT2D eigenvalue weighted by Gasteiger charge is 2.09. The van der Waals surface area contributed by atoms with Gasteiger partial charge < -0.3 is 4.74 Å². The molecule has 0 atom stereocenters. The first kappa shape index (κ1) is 19.9. The van der Waals surface area contributed by atoms with Gasteiger partial charge in [-0.1, -0.05) is 30.3 Å². The highest BCUT2D eigenvalue weighted by Crippen LogP contribution is 2.18. The second kappa shape index (κ2) is 9.88. The van der Waals surface area contributed by atoms with Gasteiger partial charge in [-0.05, 0) is 59.1 Å². The Hall–Kier alpha value is -2.46. The van der Waals surface area contributed by atoms with E-state index in [2.05, 4.69) is 38.8 Å². The number of rotatable bonds is 4. The SMILES string of the molecule is COc1ccccc1/C=C/C(=O)NC(=S)NNC(=O)c1ccccc1I. The maximum Gasteiger partial charge on any atom is 0.270 e. The van der Waals surface area contributed by atoms with Gasteiger partial charge in [0.15, 0.2) is 5.11 Å². The molecule has 0 unspecified atom stereocenters. The number of hydrogen-bond donors (Lipinski definition) is 3. The van der Waals surface area contributed by atoms with Crippen LogP contribution in [0.1, 0.15) is 15.9 Å². The monoisotopic (exact) mass is 481 g/mol. The number of thiocarbonyl (C=S) groups is 1. The number of amides is 2. The molecule has 0 fully saturated rings. The predicted octanol–water partition coefficient (Wildman–Crippen LogP) is 2.65. The van der Waals surface area contributed by atoms with Gasteiger partial charge in [0.05, 0.1) is 12.7 Å². The number of hydrazine groups is 1. The fourth-order valence-electron chi connectivity index (χ4n) is 1.98. The molecule has 2 aromatic carbocycles. The topological polar surface area (TPSA) is 79.5 Å². The molecule has 0 aliphatic carbocycles. The number of methoxy groups -OCH3 is 1. The highest BCUT2D eigenvalue weighted by atomic mass is 127. The summed E-state index contributed by atoms with van der Waals surface area (Å²) in [6.07, 6.45) is 2.94. The van der Waals surface area contributed by atoms with Crippen LogP contribution in [0.3, 0.4) is 0 Å². The molecule has 0 saturated heterocycles. The van der Waals surface area contributed by atoms with E-state index in [4.69, 9.17) is 17.0 Å². The Morgan fingerprint density at radius 2 is 1.77 bits per heavy atom. The Kier molecular flexibility index (Phi) is 7.54. The summed E-state index contributed by atoms with van der Waals surface area (Å²) in [4.78, 5) is 24.0. The van der Waals surface area contributed by atoms with Crippen molar-refractivity contribution in [2.75, 3.05) is 7.11 Å². The second-order valence-electron chi connectivity index (χ2n) is 4.95. The van der Waals surface area contributed by atoms with E-state index >= 15 is 0 Å². The summed E-state index contributed by atoms with van der Waals surface area (Å²) in [6.45, 7) is 0. The lowest BCUT2D eigenvalue weighted by molar-refractivity contribution is -0.115. The van der Waals surface area contributed by atoms with Crippen LogP contribution in [0.25, 0.3) is 6.08 Å². The molecule has 0 aromatic heterocycles. The molecule has 0 heterocycles. The molecule has 134 valence electrons. The molecule has 2 aromatic rings. The van der Waals surface area contributed by atoms with Crippen molar-refractivity contribution in [1.82, 2.24) is 16.2 Å². The number of nitrogens with one attached hydrogen (secondary N) is 3. The van der Waals surface area contributed by atoms with Gasteiger partial charge in [-0.25, -0.2) is 0 Å². The van der Waals surface area contributed by atoms with Crippen LogP contribution in [0.4, 0.5) is 0 Å². The largest absolute Gasteiger partial charge is 0.496 e. The normalized spacial score (nSPS) is 10.2. The van der Waals surface area contributed by atoms with E-state index in [1.54, 1.807) is 31.4 Å². The molecule has 0 bridgehead atoms. The van der Waals surface area contributed by atoms with Gasteiger partial charge in [0, 0.05) is 15.2 Å². The van der Waals surface area contributed by atoms with Crippen molar-refractivity contribution >= 4 is 57.8 Å². The quantitative estimate of drug-likeness (QED) is 0.271. The smallest absolute Gasteiger partial charge is 0.270 e. The first-order chi connectivity index (χ1) is 12.5. The van der Waals surface area contributed by atoms with Crippen molar-refractivity contribution in [3.8, 4) is 5.75 Å².